The summed E-state index contributed by atoms with van der Waals surface area (Å²) in [6.07, 6.45) is 2.95. The van der Waals surface area contributed by atoms with E-state index in [0.717, 1.165) is 12.8 Å². The second-order valence-corrected chi connectivity index (χ2v) is 7.01. The van der Waals surface area contributed by atoms with E-state index in [9.17, 15) is 4.79 Å². The maximum absolute atomic E-state index is 11.3. The van der Waals surface area contributed by atoms with E-state index >= 15 is 0 Å². The number of rotatable bonds is 4. The third-order valence-electron chi connectivity index (χ3n) is 2.94. The minimum Gasteiger partial charge on any atom is -0.453 e. The molecule has 0 aromatic rings. The fraction of sp³-hybridized carbons (Fsp3) is 0.929. The van der Waals surface area contributed by atoms with Crippen molar-refractivity contribution in [3.05, 3.63) is 0 Å². The van der Waals surface area contributed by atoms with Crippen LogP contribution in [-0.4, -0.2) is 19.2 Å². The number of ether oxygens (including phenoxy) is 1. The molecule has 3 heteroatoms. The van der Waals surface area contributed by atoms with Crippen molar-refractivity contribution in [1.82, 2.24) is 5.32 Å². The molecule has 0 aliphatic rings. The number of alkyl carbamates (subject to hydrolysis) is 1. The van der Waals surface area contributed by atoms with Gasteiger partial charge in [0.1, 0.15) is 0 Å². The first kappa shape index (κ1) is 16.3. The molecule has 0 saturated heterocycles. The fourth-order valence-electron chi connectivity index (χ4n) is 1.76. The van der Waals surface area contributed by atoms with E-state index < -0.39 is 0 Å². The fourth-order valence-corrected chi connectivity index (χ4v) is 1.76. The molecule has 1 atom stereocenters. The van der Waals surface area contributed by atoms with Gasteiger partial charge in [-0.3, -0.25) is 0 Å². The van der Waals surface area contributed by atoms with Gasteiger partial charge in [-0.1, -0.05) is 48.0 Å². The second-order valence-electron chi connectivity index (χ2n) is 7.01. The predicted octanol–water partition coefficient (Wildman–Crippen LogP) is 3.97. The first-order valence-electron chi connectivity index (χ1n) is 6.41. The molecule has 102 valence electrons. The molecule has 0 aliphatic heterocycles. The zero-order valence-electron chi connectivity index (χ0n) is 12.5. The Morgan fingerprint density at radius 3 is 2.06 bits per heavy atom. The van der Waals surface area contributed by atoms with E-state index in [2.05, 4.69) is 51.6 Å². The molecule has 0 rings (SSSR count). The van der Waals surface area contributed by atoms with E-state index in [0.29, 0.717) is 5.41 Å². The van der Waals surface area contributed by atoms with Gasteiger partial charge in [0.15, 0.2) is 0 Å². The van der Waals surface area contributed by atoms with Crippen molar-refractivity contribution in [2.24, 2.45) is 10.8 Å². The van der Waals surface area contributed by atoms with Gasteiger partial charge in [0.25, 0.3) is 0 Å². The Kier molecular flexibility index (Phi) is 6.00. The van der Waals surface area contributed by atoms with Gasteiger partial charge in [-0.25, -0.2) is 4.79 Å². The normalized spacial score (nSPS) is 14.3. The lowest BCUT2D eigenvalue weighted by atomic mass is 9.81. The van der Waals surface area contributed by atoms with Gasteiger partial charge in [0.2, 0.25) is 0 Å². The van der Waals surface area contributed by atoms with Crippen molar-refractivity contribution < 1.29 is 9.53 Å². The molecule has 0 aromatic carbocycles. The molecule has 1 N–H and O–H groups in total. The smallest absolute Gasteiger partial charge is 0.407 e. The van der Waals surface area contributed by atoms with Crippen LogP contribution < -0.4 is 5.32 Å². The summed E-state index contributed by atoms with van der Waals surface area (Å²) in [6.45, 7) is 13.2. The Morgan fingerprint density at radius 2 is 1.71 bits per heavy atom. The molecule has 0 saturated carbocycles. The maximum Gasteiger partial charge on any atom is 0.407 e. The zero-order valence-corrected chi connectivity index (χ0v) is 12.5. The molecule has 17 heavy (non-hydrogen) atoms. The lowest BCUT2D eigenvalue weighted by Crippen LogP contribution is -2.43. The molecule has 0 bridgehead atoms. The summed E-state index contributed by atoms with van der Waals surface area (Å²) in [5.74, 6) is 0. The van der Waals surface area contributed by atoms with Crippen molar-refractivity contribution in [3.8, 4) is 0 Å². The lowest BCUT2D eigenvalue weighted by molar-refractivity contribution is 0.150. The standard InChI is InChI=1S/C14H29NO2/c1-13(2,3)10-8-9-11(14(4,5)6)15-12(16)17-7/h11H,8-10H2,1-7H3,(H,15,16). The number of methoxy groups -OCH3 is 1. The highest BCUT2D eigenvalue weighted by Crippen LogP contribution is 2.27. The molecule has 0 aromatic heterocycles. The van der Waals surface area contributed by atoms with Crippen LogP contribution in [0.5, 0.6) is 0 Å². The molecular weight excluding hydrogens is 214 g/mol. The van der Waals surface area contributed by atoms with Crippen molar-refractivity contribution in [1.29, 1.82) is 0 Å². The average Bonchev–Trinajstić information content (AvgIpc) is 2.12. The van der Waals surface area contributed by atoms with Crippen LogP contribution in [0.3, 0.4) is 0 Å². The minimum absolute atomic E-state index is 0.0616. The number of amides is 1. The third kappa shape index (κ3) is 8.06. The highest BCUT2D eigenvalue weighted by Gasteiger charge is 2.26. The summed E-state index contributed by atoms with van der Waals surface area (Å²) in [5.41, 5.74) is 0.416. The average molecular weight is 243 g/mol. The number of nitrogens with one attached hydrogen (secondary N) is 1. The van der Waals surface area contributed by atoms with Gasteiger partial charge in [0, 0.05) is 6.04 Å². The molecule has 3 nitrogen and oxygen atoms in total. The van der Waals surface area contributed by atoms with Crippen LogP contribution in [-0.2, 0) is 4.74 Å². The zero-order chi connectivity index (χ0) is 13.7. The molecule has 0 spiro atoms. The van der Waals surface area contributed by atoms with Crippen LogP contribution in [0.15, 0.2) is 0 Å². The van der Waals surface area contributed by atoms with Crippen molar-refractivity contribution >= 4 is 6.09 Å². The van der Waals surface area contributed by atoms with Crippen LogP contribution in [0.25, 0.3) is 0 Å². The third-order valence-corrected chi connectivity index (χ3v) is 2.94. The summed E-state index contributed by atoms with van der Waals surface area (Å²) >= 11 is 0. The molecule has 0 fully saturated rings. The van der Waals surface area contributed by atoms with E-state index in [1.807, 2.05) is 0 Å². The Hall–Kier alpha value is -0.730. The molecular formula is C14H29NO2. The summed E-state index contributed by atoms with van der Waals surface area (Å²) in [7, 11) is 1.41. The van der Waals surface area contributed by atoms with Crippen molar-refractivity contribution in [2.75, 3.05) is 7.11 Å². The molecule has 0 heterocycles. The number of hydrogen-bond acceptors (Lipinski definition) is 2. The Morgan fingerprint density at radius 1 is 1.18 bits per heavy atom. The van der Waals surface area contributed by atoms with Crippen LogP contribution in [0.1, 0.15) is 60.8 Å². The van der Waals surface area contributed by atoms with Crippen molar-refractivity contribution in [2.45, 2.75) is 66.8 Å². The number of carbonyl (C=O) groups excluding carboxylic acids is 1. The van der Waals surface area contributed by atoms with Gasteiger partial charge >= 0.3 is 6.09 Å². The Labute approximate surface area is 106 Å². The van der Waals surface area contributed by atoms with Crippen LogP contribution in [0.2, 0.25) is 0 Å². The maximum atomic E-state index is 11.3. The summed E-state index contributed by atoms with van der Waals surface area (Å²) < 4.78 is 4.67. The van der Waals surface area contributed by atoms with Gasteiger partial charge in [0.05, 0.1) is 7.11 Å². The van der Waals surface area contributed by atoms with Crippen LogP contribution >= 0.6 is 0 Å². The van der Waals surface area contributed by atoms with E-state index in [1.165, 1.54) is 13.5 Å². The van der Waals surface area contributed by atoms with Gasteiger partial charge in [-0.15, -0.1) is 0 Å². The van der Waals surface area contributed by atoms with Gasteiger partial charge < -0.3 is 10.1 Å². The van der Waals surface area contributed by atoms with Gasteiger partial charge in [-0.05, 0) is 23.7 Å². The van der Waals surface area contributed by atoms with E-state index in [-0.39, 0.29) is 17.6 Å². The van der Waals surface area contributed by atoms with E-state index in [4.69, 9.17) is 0 Å². The highest BCUT2D eigenvalue weighted by molar-refractivity contribution is 5.67. The summed E-state index contributed by atoms with van der Waals surface area (Å²) in [6, 6.07) is 0.164. The SMILES string of the molecule is COC(=O)NC(CCCC(C)(C)C)C(C)(C)C. The number of carbonyl (C=O) groups is 1. The molecule has 0 aliphatic carbocycles. The predicted molar refractivity (Wildman–Crippen MR) is 72.1 cm³/mol. The van der Waals surface area contributed by atoms with Gasteiger partial charge in [-0.2, -0.15) is 0 Å². The quantitative estimate of drug-likeness (QED) is 0.811. The number of hydrogen-bond donors (Lipinski definition) is 1. The topological polar surface area (TPSA) is 38.3 Å². The second kappa shape index (κ2) is 6.27. The molecule has 1 amide bonds. The largest absolute Gasteiger partial charge is 0.453 e. The molecule has 0 radical (unpaired) electrons. The monoisotopic (exact) mass is 243 g/mol. The summed E-state index contributed by atoms with van der Waals surface area (Å²) in [4.78, 5) is 11.3. The summed E-state index contributed by atoms with van der Waals surface area (Å²) in [5, 5.41) is 2.93. The first-order chi connectivity index (χ1) is 7.56. The van der Waals surface area contributed by atoms with Crippen molar-refractivity contribution in [3.63, 3.8) is 0 Å². The Bertz CT molecular complexity index is 236. The lowest BCUT2D eigenvalue weighted by Gasteiger charge is -2.32. The first-order valence-corrected chi connectivity index (χ1v) is 6.41. The van der Waals surface area contributed by atoms with Crippen LogP contribution in [0.4, 0.5) is 4.79 Å². The minimum atomic E-state index is -0.333. The van der Waals surface area contributed by atoms with Crippen LogP contribution in [0, 0.1) is 10.8 Å². The van der Waals surface area contributed by atoms with E-state index in [1.54, 1.807) is 0 Å². The molecule has 1 unspecified atom stereocenters. The Balaban J connectivity index is 4.27. The highest BCUT2D eigenvalue weighted by atomic mass is 16.5.